The molecule has 2 atom stereocenters. The fourth-order valence-corrected chi connectivity index (χ4v) is 3.29. The maximum Gasteiger partial charge on any atom is 0.340 e. The first kappa shape index (κ1) is 17.5. The molecule has 1 saturated heterocycles. The Morgan fingerprint density at radius 2 is 1.56 bits per heavy atom. The monoisotopic (exact) mass is 357 g/mol. The van der Waals surface area contributed by atoms with E-state index >= 15 is 0 Å². The van der Waals surface area contributed by atoms with Gasteiger partial charge in [-0.3, -0.25) is 9.69 Å². The van der Waals surface area contributed by atoms with Gasteiger partial charge in [0.25, 0.3) is 5.91 Å². The molecule has 1 heterocycles. The Bertz CT molecular complexity index is 786. The second-order valence-electron chi connectivity index (χ2n) is 7.04. The van der Waals surface area contributed by atoms with Crippen LogP contribution in [-0.2, 0) is 14.3 Å². The molecule has 0 spiro atoms. The molecule has 0 aliphatic carbocycles. The molecular weight excluding hydrogens is 338 g/mol. The molecule has 5 heteroatoms. The largest absolute Gasteiger partial charge is 0.458 e. The van der Waals surface area contributed by atoms with Crippen molar-refractivity contribution in [1.82, 2.24) is 0 Å². The highest BCUT2D eigenvalue weighted by atomic mass is 35.5. The van der Waals surface area contributed by atoms with Gasteiger partial charge in [-0.05, 0) is 38.5 Å². The molecule has 0 saturated carbocycles. The number of carbonyl (C=O) groups is 2. The van der Waals surface area contributed by atoms with E-state index in [0.717, 1.165) is 5.56 Å². The molecule has 2 aromatic rings. The summed E-state index contributed by atoms with van der Waals surface area (Å²) in [7, 11) is 0. The SMILES string of the molecule is CC(C)(C)OC(=O)C1(Cl)C(=O)N(c2ccccc2)C1c1ccccc1. The van der Waals surface area contributed by atoms with Crippen LogP contribution in [0.3, 0.4) is 0 Å². The zero-order valence-corrected chi connectivity index (χ0v) is 15.2. The molecule has 2 aromatic carbocycles. The van der Waals surface area contributed by atoms with Crippen LogP contribution < -0.4 is 4.90 Å². The van der Waals surface area contributed by atoms with E-state index in [2.05, 4.69) is 0 Å². The van der Waals surface area contributed by atoms with E-state index in [1.165, 1.54) is 0 Å². The van der Waals surface area contributed by atoms with Gasteiger partial charge in [0.2, 0.25) is 4.87 Å². The van der Waals surface area contributed by atoms with Crippen LogP contribution in [0.15, 0.2) is 60.7 Å². The Kier molecular flexibility index (Phi) is 4.33. The highest BCUT2D eigenvalue weighted by Gasteiger charge is 2.67. The summed E-state index contributed by atoms with van der Waals surface area (Å²) in [5, 5.41) is 0. The number of hydrogen-bond acceptors (Lipinski definition) is 3. The molecule has 0 N–H and O–H groups in total. The predicted octanol–water partition coefficient (Wildman–Crippen LogP) is 4.09. The van der Waals surface area contributed by atoms with E-state index in [-0.39, 0.29) is 0 Å². The van der Waals surface area contributed by atoms with Crippen LogP contribution in [0.1, 0.15) is 32.4 Å². The van der Waals surface area contributed by atoms with Crippen molar-refractivity contribution in [3.63, 3.8) is 0 Å². The number of rotatable bonds is 3. The number of nitrogens with zero attached hydrogens (tertiary/aromatic N) is 1. The van der Waals surface area contributed by atoms with Crippen molar-refractivity contribution in [2.75, 3.05) is 4.90 Å². The van der Waals surface area contributed by atoms with Crippen molar-refractivity contribution in [1.29, 1.82) is 0 Å². The summed E-state index contributed by atoms with van der Waals surface area (Å²) in [6.45, 7) is 5.25. The number of halogens is 1. The fraction of sp³-hybridized carbons (Fsp3) is 0.300. The number of esters is 1. The minimum Gasteiger partial charge on any atom is -0.458 e. The summed E-state index contributed by atoms with van der Waals surface area (Å²) < 4.78 is 5.43. The van der Waals surface area contributed by atoms with Crippen molar-refractivity contribution in [3.05, 3.63) is 66.2 Å². The average molecular weight is 358 g/mol. The molecule has 130 valence electrons. The second kappa shape index (κ2) is 6.19. The summed E-state index contributed by atoms with van der Waals surface area (Å²) in [6.07, 6.45) is 0. The van der Waals surface area contributed by atoms with Crippen LogP contribution in [0.25, 0.3) is 0 Å². The van der Waals surface area contributed by atoms with Crippen molar-refractivity contribution < 1.29 is 14.3 Å². The lowest BCUT2D eigenvalue weighted by Gasteiger charge is -2.51. The van der Waals surface area contributed by atoms with Crippen molar-refractivity contribution in [2.24, 2.45) is 0 Å². The van der Waals surface area contributed by atoms with Gasteiger partial charge in [0.1, 0.15) is 11.6 Å². The number of ether oxygens (including phenoxy) is 1. The zero-order chi connectivity index (χ0) is 18.2. The minimum absolute atomic E-state index is 0.469. The summed E-state index contributed by atoms with van der Waals surface area (Å²) in [6, 6.07) is 17.9. The minimum atomic E-state index is -1.76. The van der Waals surface area contributed by atoms with Crippen LogP contribution in [0.4, 0.5) is 5.69 Å². The smallest absolute Gasteiger partial charge is 0.340 e. The topological polar surface area (TPSA) is 46.6 Å². The number of para-hydroxylation sites is 1. The van der Waals surface area contributed by atoms with Gasteiger partial charge in [0.05, 0.1) is 0 Å². The van der Waals surface area contributed by atoms with Crippen LogP contribution in [-0.4, -0.2) is 22.4 Å². The Morgan fingerprint density at radius 1 is 1.04 bits per heavy atom. The van der Waals surface area contributed by atoms with Gasteiger partial charge in [-0.15, -0.1) is 0 Å². The maximum absolute atomic E-state index is 12.9. The van der Waals surface area contributed by atoms with Gasteiger partial charge < -0.3 is 4.74 Å². The van der Waals surface area contributed by atoms with Crippen LogP contribution in [0.2, 0.25) is 0 Å². The second-order valence-corrected chi connectivity index (χ2v) is 7.63. The van der Waals surface area contributed by atoms with Gasteiger partial charge in [-0.1, -0.05) is 60.1 Å². The Balaban J connectivity index is 2.04. The Labute approximate surface area is 152 Å². The molecule has 1 aliphatic rings. The van der Waals surface area contributed by atoms with Gasteiger partial charge in [0, 0.05) is 5.69 Å². The Hall–Kier alpha value is -2.33. The van der Waals surface area contributed by atoms with E-state index < -0.39 is 28.4 Å². The van der Waals surface area contributed by atoms with Gasteiger partial charge >= 0.3 is 5.97 Å². The van der Waals surface area contributed by atoms with Crippen molar-refractivity contribution in [2.45, 2.75) is 37.3 Å². The average Bonchev–Trinajstić information content (AvgIpc) is 2.58. The molecule has 2 unspecified atom stereocenters. The van der Waals surface area contributed by atoms with E-state index in [9.17, 15) is 9.59 Å². The molecule has 4 nitrogen and oxygen atoms in total. The molecule has 3 rings (SSSR count). The first-order valence-electron chi connectivity index (χ1n) is 8.11. The highest BCUT2D eigenvalue weighted by Crippen LogP contribution is 2.51. The number of amides is 1. The Morgan fingerprint density at radius 3 is 2.08 bits per heavy atom. The lowest BCUT2D eigenvalue weighted by atomic mass is 9.80. The number of benzene rings is 2. The first-order valence-corrected chi connectivity index (χ1v) is 8.49. The summed E-state index contributed by atoms with van der Waals surface area (Å²) in [5.41, 5.74) is 0.751. The zero-order valence-electron chi connectivity index (χ0n) is 14.4. The highest BCUT2D eigenvalue weighted by molar-refractivity contribution is 6.51. The number of carbonyl (C=O) groups excluding carboxylic acids is 2. The van der Waals surface area contributed by atoms with E-state index in [0.29, 0.717) is 5.69 Å². The molecule has 0 aromatic heterocycles. The van der Waals surface area contributed by atoms with Gasteiger partial charge in [-0.25, -0.2) is 4.79 Å². The third-order valence-electron chi connectivity index (χ3n) is 4.01. The van der Waals surface area contributed by atoms with Crippen molar-refractivity contribution >= 4 is 29.2 Å². The predicted molar refractivity (Wildman–Crippen MR) is 97.5 cm³/mol. The molecule has 1 aliphatic heterocycles. The van der Waals surface area contributed by atoms with Crippen molar-refractivity contribution in [3.8, 4) is 0 Å². The molecular formula is C20H20ClNO3. The van der Waals surface area contributed by atoms with Crippen LogP contribution in [0.5, 0.6) is 0 Å². The third kappa shape index (κ3) is 3.02. The standard InChI is InChI=1S/C20H20ClNO3/c1-19(2,3)25-18(24)20(21)16(14-10-6-4-7-11-14)22(17(20)23)15-12-8-5-9-13-15/h4-13,16H,1-3H3. The lowest BCUT2D eigenvalue weighted by Crippen LogP contribution is -2.70. The quantitative estimate of drug-likeness (QED) is 0.359. The number of β-lactam (4-membered cyclic amide) rings is 1. The summed E-state index contributed by atoms with van der Waals surface area (Å²) >= 11 is 6.59. The normalized spacial score (nSPS) is 23.1. The number of hydrogen-bond donors (Lipinski definition) is 0. The lowest BCUT2D eigenvalue weighted by molar-refractivity contribution is -0.164. The van der Waals surface area contributed by atoms with Crippen LogP contribution in [0, 0.1) is 0 Å². The molecule has 0 bridgehead atoms. The van der Waals surface area contributed by atoms with Crippen LogP contribution >= 0.6 is 11.6 Å². The third-order valence-corrected chi connectivity index (χ3v) is 4.53. The van der Waals surface area contributed by atoms with Gasteiger partial charge in [-0.2, -0.15) is 0 Å². The van der Waals surface area contributed by atoms with E-state index in [1.54, 1.807) is 25.7 Å². The fourth-order valence-electron chi connectivity index (χ4n) is 2.94. The molecule has 0 radical (unpaired) electrons. The van der Waals surface area contributed by atoms with Gasteiger partial charge in [0.15, 0.2) is 0 Å². The summed E-state index contributed by atoms with van der Waals surface area (Å²) in [4.78, 5) is 25.4. The first-order chi connectivity index (χ1) is 11.7. The maximum atomic E-state index is 12.9. The number of alkyl halides is 1. The molecule has 1 amide bonds. The molecule has 1 fully saturated rings. The van der Waals surface area contributed by atoms with E-state index in [1.807, 2.05) is 60.7 Å². The molecule has 25 heavy (non-hydrogen) atoms. The number of anilines is 1. The van der Waals surface area contributed by atoms with E-state index in [4.69, 9.17) is 16.3 Å². The summed E-state index contributed by atoms with van der Waals surface area (Å²) in [5.74, 6) is -1.18.